The maximum atomic E-state index is 13.6. The number of hydrogen-bond acceptors (Lipinski definition) is 4. The highest BCUT2D eigenvalue weighted by Gasteiger charge is 2.33. The lowest BCUT2D eigenvalue weighted by molar-refractivity contribution is 0.302. The summed E-state index contributed by atoms with van der Waals surface area (Å²) in [5.74, 6) is -0.617. The van der Waals surface area contributed by atoms with E-state index in [1.54, 1.807) is 0 Å². The topological polar surface area (TPSA) is 66.6 Å². The third-order valence-corrected chi connectivity index (χ3v) is 5.78. The van der Waals surface area contributed by atoms with Gasteiger partial charge in [-0.3, -0.25) is 0 Å². The smallest absolute Gasteiger partial charge is 0.243 e. The van der Waals surface area contributed by atoms with Gasteiger partial charge in [0.2, 0.25) is 10.0 Å². The van der Waals surface area contributed by atoms with Crippen LogP contribution in [0.15, 0.2) is 23.1 Å². The van der Waals surface area contributed by atoms with Gasteiger partial charge in [-0.05, 0) is 38.7 Å². The minimum Gasteiger partial charge on any atom is -0.389 e. The second kappa shape index (κ2) is 5.96. The SMILES string of the molecule is CN(C)C1CCN(S(=O)(=O)c2ccc(F)c(C(N)=S)c2)C1. The fourth-order valence-electron chi connectivity index (χ4n) is 2.35. The number of rotatable bonds is 4. The van der Waals surface area contributed by atoms with Crippen LogP contribution in [0.1, 0.15) is 12.0 Å². The Bertz CT molecular complexity index is 661. The fraction of sp³-hybridized carbons (Fsp3) is 0.462. The third-order valence-electron chi connectivity index (χ3n) is 3.70. The van der Waals surface area contributed by atoms with Crippen LogP contribution >= 0.6 is 12.2 Å². The van der Waals surface area contributed by atoms with Gasteiger partial charge in [0.25, 0.3) is 0 Å². The van der Waals surface area contributed by atoms with Crippen LogP contribution in [0.3, 0.4) is 0 Å². The van der Waals surface area contributed by atoms with Crippen molar-refractivity contribution in [2.75, 3.05) is 27.2 Å². The first-order chi connectivity index (χ1) is 9.73. The average molecular weight is 331 g/mol. The predicted octanol–water partition coefficient (Wildman–Crippen LogP) is 0.785. The van der Waals surface area contributed by atoms with E-state index >= 15 is 0 Å². The molecule has 2 N–H and O–H groups in total. The maximum absolute atomic E-state index is 13.6. The van der Waals surface area contributed by atoms with Crippen molar-refractivity contribution in [2.45, 2.75) is 17.4 Å². The summed E-state index contributed by atoms with van der Waals surface area (Å²) in [5.41, 5.74) is 5.37. The van der Waals surface area contributed by atoms with E-state index in [4.69, 9.17) is 18.0 Å². The zero-order valence-corrected chi connectivity index (χ0v) is 13.5. The van der Waals surface area contributed by atoms with Crippen molar-refractivity contribution in [3.05, 3.63) is 29.6 Å². The van der Waals surface area contributed by atoms with Crippen molar-refractivity contribution >= 4 is 27.2 Å². The Morgan fingerprint density at radius 1 is 1.48 bits per heavy atom. The monoisotopic (exact) mass is 331 g/mol. The molecule has 1 aromatic carbocycles. The van der Waals surface area contributed by atoms with Crippen LogP contribution < -0.4 is 5.73 Å². The van der Waals surface area contributed by atoms with Crippen LogP contribution in [0, 0.1) is 5.82 Å². The van der Waals surface area contributed by atoms with E-state index < -0.39 is 15.8 Å². The van der Waals surface area contributed by atoms with Crippen LogP contribution in [0.25, 0.3) is 0 Å². The number of nitrogens with two attached hydrogens (primary N) is 1. The average Bonchev–Trinajstić information content (AvgIpc) is 2.89. The van der Waals surface area contributed by atoms with E-state index in [0.29, 0.717) is 13.1 Å². The van der Waals surface area contributed by atoms with Crippen molar-refractivity contribution in [3.63, 3.8) is 0 Å². The van der Waals surface area contributed by atoms with Crippen molar-refractivity contribution in [2.24, 2.45) is 5.73 Å². The molecule has 1 saturated heterocycles. The standard InChI is InChI=1S/C13H18FN3O2S2/c1-16(2)9-5-6-17(8-9)21(18,19)10-3-4-12(14)11(7-10)13(15)20/h3-4,7,9H,5-6,8H2,1-2H3,(H2,15,20). The van der Waals surface area contributed by atoms with E-state index in [1.165, 1.54) is 16.4 Å². The van der Waals surface area contributed by atoms with Gasteiger partial charge in [-0.1, -0.05) is 12.2 Å². The summed E-state index contributed by atoms with van der Waals surface area (Å²) < 4.78 is 40.2. The first-order valence-electron chi connectivity index (χ1n) is 6.49. The predicted molar refractivity (Wildman–Crippen MR) is 83.1 cm³/mol. The first kappa shape index (κ1) is 16.3. The summed E-state index contributed by atoms with van der Waals surface area (Å²) in [7, 11) is 0.187. The zero-order chi connectivity index (χ0) is 15.8. The maximum Gasteiger partial charge on any atom is 0.243 e. The highest BCUT2D eigenvalue weighted by atomic mass is 32.2. The number of hydrogen-bond donors (Lipinski definition) is 1. The molecule has 5 nitrogen and oxygen atoms in total. The summed E-state index contributed by atoms with van der Waals surface area (Å²) in [6.45, 7) is 0.875. The largest absolute Gasteiger partial charge is 0.389 e. The van der Waals surface area contributed by atoms with Gasteiger partial charge in [0.15, 0.2) is 0 Å². The van der Waals surface area contributed by atoms with Gasteiger partial charge in [-0.2, -0.15) is 4.31 Å². The van der Waals surface area contributed by atoms with Gasteiger partial charge in [0, 0.05) is 24.7 Å². The lowest BCUT2D eigenvalue weighted by atomic mass is 10.2. The lowest BCUT2D eigenvalue weighted by Crippen LogP contribution is -2.34. The number of nitrogens with zero attached hydrogens (tertiary/aromatic N) is 2. The van der Waals surface area contributed by atoms with E-state index in [2.05, 4.69) is 0 Å². The van der Waals surface area contributed by atoms with Crippen LogP contribution in [-0.2, 0) is 10.0 Å². The van der Waals surface area contributed by atoms with Crippen LogP contribution in [-0.4, -0.2) is 55.8 Å². The molecule has 1 heterocycles. The molecule has 1 aliphatic rings. The lowest BCUT2D eigenvalue weighted by Gasteiger charge is -2.20. The molecule has 1 fully saturated rings. The summed E-state index contributed by atoms with van der Waals surface area (Å²) in [5, 5.41) is 0. The molecule has 0 radical (unpaired) electrons. The minimum atomic E-state index is -3.65. The van der Waals surface area contributed by atoms with Gasteiger partial charge in [-0.15, -0.1) is 0 Å². The Hall–Kier alpha value is -1.09. The van der Waals surface area contributed by atoms with Crippen LogP contribution in [0.2, 0.25) is 0 Å². The number of likely N-dealkylation sites (N-methyl/N-ethyl adjacent to an activating group) is 1. The van der Waals surface area contributed by atoms with E-state index in [0.717, 1.165) is 12.5 Å². The Morgan fingerprint density at radius 2 is 2.14 bits per heavy atom. The van der Waals surface area contributed by atoms with Crippen molar-refractivity contribution in [1.29, 1.82) is 0 Å². The van der Waals surface area contributed by atoms with Gasteiger partial charge in [-0.25, -0.2) is 12.8 Å². The van der Waals surface area contributed by atoms with Gasteiger partial charge < -0.3 is 10.6 Å². The summed E-state index contributed by atoms with van der Waals surface area (Å²) in [4.78, 5) is 1.86. The molecule has 0 amide bonds. The van der Waals surface area contributed by atoms with Crippen LogP contribution in [0.5, 0.6) is 0 Å². The Morgan fingerprint density at radius 3 is 2.67 bits per heavy atom. The molecule has 21 heavy (non-hydrogen) atoms. The Kier molecular flexibility index (Phi) is 4.62. The first-order valence-corrected chi connectivity index (χ1v) is 8.34. The van der Waals surface area contributed by atoms with Crippen LogP contribution in [0.4, 0.5) is 4.39 Å². The van der Waals surface area contributed by atoms with Gasteiger partial charge >= 0.3 is 0 Å². The molecule has 1 aliphatic heterocycles. The molecule has 8 heteroatoms. The van der Waals surface area contributed by atoms with E-state index in [1.807, 2.05) is 19.0 Å². The number of thiocarbonyl (C=S) groups is 1. The van der Waals surface area contributed by atoms with Gasteiger partial charge in [0.1, 0.15) is 10.8 Å². The quantitative estimate of drug-likeness (QED) is 0.826. The van der Waals surface area contributed by atoms with E-state index in [-0.39, 0.29) is 21.5 Å². The number of halogens is 1. The second-order valence-electron chi connectivity index (χ2n) is 5.28. The highest BCUT2D eigenvalue weighted by Crippen LogP contribution is 2.24. The van der Waals surface area contributed by atoms with Crippen molar-refractivity contribution in [3.8, 4) is 0 Å². The van der Waals surface area contributed by atoms with Crippen molar-refractivity contribution < 1.29 is 12.8 Å². The molecule has 0 bridgehead atoms. The molecule has 1 aromatic rings. The number of sulfonamides is 1. The molecule has 116 valence electrons. The van der Waals surface area contributed by atoms with Gasteiger partial charge in [0.05, 0.1) is 4.90 Å². The normalized spacial score (nSPS) is 20.1. The summed E-state index contributed by atoms with van der Waals surface area (Å²) in [6, 6.07) is 3.72. The fourth-order valence-corrected chi connectivity index (χ4v) is 4.03. The molecular formula is C13H18FN3O2S2. The molecule has 0 aliphatic carbocycles. The Balaban J connectivity index is 2.33. The second-order valence-corrected chi connectivity index (χ2v) is 7.65. The molecular weight excluding hydrogens is 313 g/mol. The zero-order valence-electron chi connectivity index (χ0n) is 11.9. The van der Waals surface area contributed by atoms with E-state index in [9.17, 15) is 12.8 Å². The minimum absolute atomic E-state index is 0.0195. The molecule has 0 spiro atoms. The molecule has 2 rings (SSSR count). The summed E-state index contributed by atoms with van der Waals surface area (Å²) in [6.07, 6.45) is 0.773. The molecule has 0 saturated carbocycles. The molecule has 0 aromatic heterocycles. The van der Waals surface area contributed by atoms with Crippen molar-refractivity contribution in [1.82, 2.24) is 9.21 Å². The third kappa shape index (κ3) is 3.23. The molecule has 1 unspecified atom stereocenters. The Labute approximate surface area is 129 Å². The molecule has 1 atom stereocenters. The number of benzene rings is 1. The highest BCUT2D eigenvalue weighted by molar-refractivity contribution is 7.89. The summed E-state index contributed by atoms with van der Waals surface area (Å²) >= 11 is 4.74.